The molecule has 4 aromatic rings. The first kappa shape index (κ1) is 36.0. The van der Waals surface area contributed by atoms with E-state index in [4.69, 9.17) is 23.2 Å². The number of sulfonamides is 1. The smallest absolute Gasteiger partial charge is 0.264 e. The van der Waals surface area contributed by atoms with Crippen molar-refractivity contribution in [2.45, 2.75) is 71.0 Å². The molecule has 1 N–H and O–H groups in total. The lowest BCUT2D eigenvalue weighted by Gasteiger charge is -2.34. The van der Waals surface area contributed by atoms with Crippen LogP contribution >= 0.6 is 23.2 Å². The third-order valence-electron chi connectivity index (χ3n) is 8.12. The molecule has 0 bridgehead atoms. The Labute approximate surface area is 288 Å². The molecule has 10 heteroatoms. The molecule has 0 fully saturated rings. The van der Waals surface area contributed by atoms with Gasteiger partial charge in [0.15, 0.2) is 0 Å². The van der Waals surface area contributed by atoms with Crippen molar-refractivity contribution >= 4 is 50.7 Å². The number of carbonyl (C=O) groups is 2. The van der Waals surface area contributed by atoms with Crippen LogP contribution in [0.5, 0.6) is 0 Å². The number of carbonyl (C=O) groups excluding carboxylic acids is 2. The van der Waals surface area contributed by atoms with Crippen LogP contribution in [0.1, 0.15) is 48.1 Å². The molecule has 0 radical (unpaired) electrons. The number of nitrogens with one attached hydrogen (secondary N) is 1. The Morgan fingerprint density at radius 1 is 0.809 bits per heavy atom. The molecule has 0 aliphatic rings. The van der Waals surface area contributed by atoms with Crippen LogP contribution < -0.4 is 9.62 Å². The van der Waals surface area contributed by atoms with Gasteiger partial charge < -0.3 is 10.2 Å². The largest absolute Gasteiger partial charge is 0.352 e. The summed E-state index contributed by atoms with van der Waals surface area (Å²) < 4.78 is 29.7. The molecular weight excluding hydrogens is 653 g/mol. The number of amides is 2. The Morgan fingerprint density at radius 3 is 2.09 bits per heavy atom. The van der Waals surface area contributed by atoms with Crippen molar-refractivity contribution in [2.75, 3.05) is 10.8 Å². The topological polar surface area (TPSA) is 86.8 Å². The van der Waals surface area contributed by atoms with Gasteiger partial charge in [-0.15, -0.1) is 0 Å². The minimum atomic E-state index is -4.20. The molecule has 248 valence electrons. The minimum Gasteiger partial charge on any atom is -0.352 e. The van der Waals surface area contributed by atoms with Crippen molar-refractivity contribution < 1.29 is 18.0 Å². The third-order valence-corrected chi connectivity index (χ3v) is 10.6. The van der Waals surface area contributed by atoms with Crippen molar-refractivity contribution in [1.29, 1.82) is 0 Å². The normalized spacial score (nSPS) is 12.7. The lowest BCUT2D eigenvalue weighted by molar-refractivity contribution is -0.140. The Morgan fingerprint density at radius 2 is 1.47 bits per heavy atom. The molecule has 0 aliphatic carbocycles. The van der Waals surface area contributed by atoms with Crippen LogP contribution in [0.25, 0.3) is 0 Å². The van der Waals surface area contributed by atoms with E-state index in [-0.39, 0.29) is 29.8 Å². The fourth-order valence-corrected chi connectivity index (χ4v) is 7.07. The number of hydrogen-bond acceptors (Lipinski definition) is 4. The minimum absolute atomic E-state index is 0.00749. The van der Waals surface area contributed by atoms with Crippen LogP contribution in [-0.2, 0) is 32.6 Å². The molecular formula is C37H41Cl2N3O4S. The Hall–Kier alpha value is -3.85. The van der Waals surface area contributed by atoms with Crippen molar-refractivity contribution in [2.24, 2.45) is 0 Å². The predicted molar refractivity (Wildman–Crippen MR) is 190 cm³/mol. The van der Waals surface area contributed by atoms with Crippen molar-refractivity contribution in [3.8, 4) is 0 Å². The molecule has 4 aromatic carbocycles. The highest BCUT2D eigenvalue weighted by Crippen LogP contribution is 2.29. The molecule has 2 atom stereocenters. The summed E-state index contributed by atoms with van der Waals surface area (Å²) >= 11 is 12.6. The maximum absolute atomic E-state index is 14.7. The van der Waals surface area contributed by atoms with Gasteiger partial charge in [-0.2, -0.15) is 0 Å². The summed E-state index contributed by atoms with van der Waals surface area (Å²) in [4.78, 5) is 30.2. The van der Waals surface area contributed by atoms with Gasteiger partial charge in [-0.25, -0.2) is 8.42 Å². The molecule has 0 unspecified atom stereocenters. The molecule has 7 nitrogen and oxygen atoms in total. The van der Waals surface area contributed by atoms with Crippen molar-refractivity contribution in [1.82, 2.24) is 10.2 Å². The average molecular weight is 695 g/mol. The number of aryl methyl sites for hydroxylation is 3. The van der Waals surface area contributed by atoms with E-state index in [1.807, 2.05) is 77.1 Å². The first-order valence-electron chi connectivity index (χ1n) is 15.5. The molecule has 0 aromatic heterocycles. The number of benzene rings is 4. The number of nitrogens with zero attached hydrogens (tertiary/aromatic N) is 2. The fourth-order valence-electron chi connectivity index (χ4n) is 5.27. The van der Waals surface area contributed by atoms with Gasteiger partial charge >= 0.3 is 0 Å². The van der Waals surface area contributed by atoms with Crippen LogP contribution in [0.15, 0.2) is 95.9 Å². The predicted octanol–water partition coefficient (Wildman–Crippen LogP) is 7.67. The number of hydrogen-bond donors (Lipinski definition) is 1. The van der Waals surface area contributed by atoms with Crippen LogP contribution in [0.3, 0.4) is 0 Å². The monoisotopic (exact) mass is 693 g/mol. The van der Waals surface area contributed by atoms with Crippen LogP contribution in [0.2, 0.25) is 10.0 Å². The van der Waals surface area contributed by atoms with E-state index in [0.717, 1.165) is 21.0 Å². The summed E-state index contributed by atoms with van der Waals surface area (Å²) in [5, 5.41) is 3.70. The highest BCUT2D eigenvalue weighted by Gasteiger charge is 2.35. The second-order valence-electron chi connectivity index (χ2n) is 11.9. The molecule has 0 saturated carbocycles. The summed E-state index contributed by atoms with van der Waals surface area (Å²) in [5.74, 6) is -0.886. The molecule has 0 aliphatic heterocycles. The zero-order valence-corrected chi connectivity index (χ0v) is 29.7. The molecule has 0 spiro atoms. The van der Waals surface area contributed by atoms with E-state index in [9.17, 15) is 18.0 Å². The van der Waals surface area contributed by atoms with Gasteiger partial charge in [0.25, 0.3) is 10.0 Å². The second kappa shape index (κ2) is 15.8. The van der Waals surface area contributed by atoms with Crippen molar-refractivity contribution in [3.05, 3.63) is 129 Å². The zero-order valence-electron chi connectivity index (χ0n) is 27.3. The summed E-state index contributed by atoms with van der Waals surface area (Å²) in [5.41, 5.74) is 4.42. The SMILES string of the molecule is CC[C@H](C)NC(=O)[C@H](Cc1ccccc1)N(Cc1ccc(Cl)c(Cl)c1)C(=O)CN(c1ccc(C)cc1C)S(=O)(=O)c1ccc(C)cc1. The highest BCUT2D eigenvalue weighted by molar-refractivity contribution is 7.92. The van der Waals surface area contributed by atoms with E-state index < -0.39 is 28.5 Å². The Balaban J connectivity index is 1.85. The quantitative estimate of drug-likeness (QED) is 0.156. The van der Waals surface area contributed by atoms with E-state index in [1.165, 1.54) is 17.0 Å². The first-order chi connectivity index (χ1) is 22.3. The second-order valence-corrected chi connectivity index (χ2v) is 14.6. The molecule has 0 saturated heterocycles. The van der Waals surface area contributed by atoms with Gasteiger partial charge in [0.05, 0.1) is 20.6 Å². The standard InChI is InChI=1S/C37H41Cl2N3O4S/c1-6-28(5)40-37(44)35(22-29-10-8-7-9-11-29)41(23-30-15-18-32(38)33(39)21-30)36(43)24-42(34-19-14-26(3)20-27(34)4)47(45,46)31-16-12-25(2)13-17-31/h7-21,28,35H,6,22-24H2,1-5H3,(H,40,44)/t28-,35-/m0/s1. The van der Waals surface area contributed by atoms with Gasteiger partial charge in [0, 0.05) is 19.0 Å². The number of anilines is 1. The molecule has 47 heavy (non-hydrogen) atoms. The lowest BCUT2D eigenvalue weighted by Crippen LogP contribution is -2.54. The van der Waals surface area contributed by atoms with E-state index >= 15 is 0 Å². The molecule has 0 heterocycles. The number of halogens is 2. The molecule has 4 rings (SSSR count). The van der Waals surface area contributed by atoms with Gasteiger partial charge in [-0.3, -0.25) is 13.9 Å². The van der Waals surface area contributed by atoms with E-state index in [2.05, 4.69) is 5.32 Å². The summed E-state index contributed by atoms with van der Waals surface area (Å²) in [6.45, 7) is 8.93. The van der Waals surface area contributed by atoms with Gasteiger partial charge in [0.2, 0.25) is 11.8 Å². The first-order valence-corrected chi connectivity index (χ1v) is 17.7. The maximum atomic E-state index is 14.7. The Bertz CT molecular complexity index is 1820. The average Bonchev–Trinajstić information content (AvgIpc) is 3.04. The van der Waals surface area contributed by atoms with Gasteiger partial charge in [-0.05, 0) is 81.1 Å². The van der Waals surface area contributed by atoms with Crippen LogP contribution in [0.4, 0.5) is 5.69 Å². The Kier molecular flexibility index (Phi) is 12.1. The summed E-state index contributed by atoms with van der Waals surface area (Å²) in [6.07, 6.45) is 0.907. The summed E-state index contributed by atoms with van der Waals surface area (Å²) in [7, 11) is -4.20. The highest BCUT2D eigenvalue weighted by atomic mass is 35.5. The van der Waals surface area contributed by atoms with Crippen LogP contribution in [-0.4, -0.2) is 43.8 Å². The van der Waals surface area contributed by atoms with Gasteiger partial charge in [0.1, 0.15) is 12.6 Å². The summed E-state index contributed by atoms with van der Waals surface area (Å²) in [6, 6.07) is 25.3. The zero-order chi connectivity index (χ0) is 34.3. The lowest BCUT2D eigenvalue weighted by atomic mass is 10.0. The third kappa shape index (κ3) is 9.15. The maximum Gasteiger partial charge on any atom is 0.264 e. The van der Waals surface area contributed by atoms with Gasteiger partial charge in [-0.1, -0.05) is 102 Å². The molecule has 2 amide bonds. The fraction of sp³-hybridized carbons (Fsp3) is 0.297. The van der Waals surface area contributed by atoms with Crippen molar-refractivity contribution in [3.63, 3.8) is 0 Å². The van der Waals surface area contributed by atoms with E-state index in [1.54, 1.807) is 36.4 Å². The van der Waals surface area contributed by atoms with E-state index in [0.29, 0.717) is 33.3 Å². The van der Waals surface area contributed by atoms with Crippen LogP contribution in [0, 0.1) is 20.8 Å². The number of rotatable bonds is 13.